The molecule has 2 N–H and O–H groups in total. The standard InChI is InChI=1S/C18H26N2O6/c1-12-6-7-14(24-5)13(10-12)20-15(21)11-25-16(22)8-9-19-17(23)26-18(2,3)4/h6-7,10H,8-9,11H2,1-5H3,(H,19,23)(H,20,21). The van der Waals surface area contributed by atoms with Crippen molar-refractivity contribution in [2.75, 3.05) is 25.6 Å². The summed E-state index contributed by atoms with van der Waals surface area (Å²) in [5.41, 5.74) is 0.839. The van der Waals surface area contributed by atoms with Gasteiger partial charge in [0.2, 0.25) is 0 Å². The van der Waals surface area contributed by atoms with Crippen molar-refractivity contribution in [1.29, 1.82) is 0 Å². The number of ether oxygens (including phenoxy) is 3. The predicted molar refractivity (Wildman–Crippen MR) is 96.2 cm³/mol. The van der Waals surface area contributed by atoms with Gasteiger partial charge in [-0.1, -0.05) is 6.07 Å². The second-order valence-electron chi connectivity index (χ2n) is 6.59. The van der Waals surface area contributed by atoms with Crippen molar-refractivity contribution in [3.05, 3.63) is 23.8 Å². The summed E-state index contributed by atoms with van der Waals surface area (Å²) < 4.78 is 15.1. The first-order chi connectivity index (χ1) is 12.1. The molecule has 0 saturated carbocycles. The first kappa shape index (κ1) is 21.3. The number of hydrogen-bond acceptors (Lipinski definition) is 6. The maximum absolute atomic E-state index is 11.9. The van der Waals surface area contributed by atoms with E-state index < -0.39 is 30.2 Å². The first-order valence-corrected chi connectivity index (χ1v) is 8.17. The van der Waals surface area contributed by atoms with Crippen molar-refractivity contribution in [3.63, 3.8) is 0 Å². The Kier molecular flexibility index (Phi) is 7.89. The van der Waals surface area contributed by atoms with Crippen LogP contribution >= 0.6 is 0 Å². The maximum atomic E-state index is 11.9. The quantitative estimate of drug-likeness (QED) is 0.718. The summed E-state index contributed by atoms with van der Waals surface area (Å²) in [6, 6.07) is 5.34. The van der Waals surface area contributed by atoms with E-state index in [2.05, 4.69) is 10.6 Å². The van der Waals surface area contributed by atoms with Crippen LogP contribution in [0, 0.1) is 6.92 Å². The molecule has 0 spiro atoms. The highest BCUT2D eigenvalue weighted by Crippen LogP contribution is 2.24. The number of methoxy groups -OCH3 is 1. The number of carbonyl (C=O) groups excluding carboxylic acids is 3. The Balaban J connectivity index is 2.33. The number of alkyl carbamates (subject to hydrolysis) is 1. The molecule has 8 heteroatoms. The minimum absolute atomic E-state index is 0.0566. The number of esters is 1. The van der Waals surface area contributed by atoms with E-state index in [-0.39, 0.29) is 13.0 Å². The van der Waals surface area contributed by atoms with Crippen molar-refractivity contribution < 1.29 is 28.6 Å². The second kappa shape index (κ2) is 9.65. The van der Waals surface area contributed by atoms with Crippen molar-refractivity contribution in [1.82, 2.24) is 5.32 Å². The predicted octanol–water partition coefficient (Wildman–Crippen LogP) is 2.40. The molecular formula is C18H26N2O6. The summed E-state index contributed by atoms with van der Waals surface area (Å²) in [6.07, 6.45) is -0.685. The van der Waals surface area contributed by atoms with Gasteiger partial charge in [-0.3, -0.25) is 9.59 Å². The number of benzene rings is 1. The van der Waals surface area contributed by atoms with Crippen LogP contribution < -0.4 is 15.4 Å². The minimum atomic E-state index is -0.616. The Bertz CT molecular complexity index is 652. The van der Waals surface area contributed by atoms with Crippen LogP contribution in [0.4, 0.5) is 10.5 Å². The van der Waals surface area contributed by atoms with Gasteiger partial charge in [-0.05, 0) is 45.4 Å². The SMILES string of the molecule is COc1ccc(C)cc1NC(=O)COC(=O)CCNC(=O)OC(C)(C)C. The molecule has 1 aromatic carbocycles. The van der Waals surface area contributed by atoms with Crippen LogP contribution in [0.3, 0.4) is 0 Å². The third-order valence-electron chi connectivity index (χ3n) is 2.99. The van der Waals surface area contributed by atoms with Gasteiger partial charge in [-0.25, -0.2) is 4.79 Å². The zero-order valence-electron chi connectivity index (χ0n) is 15.8. The molecule has 2 amide bonds. The highest BCUT2D eigenvalue weighted by molar-refractivity contribution is 5.94. The van der Waals surface area contributed by atoms with Gasteiger partial charge >= 0.3 is 12.1 Å². The van der Waals surface area contributed by atoms with E-state index in [9.17, 15) is 14.4 Å². The average molecular weight is 366 g/mol. The zero-order valence-corrected chi connectivity index (χ0v) is 15.8. The molecule has 0 bridgehead atoms. The highest BCUT2D eigenvalue weighted by Gasteiger charge is 2.16. The Morgan fingerprint density at radius 2 is 1.85 bits per heavy atom. The monoisotopic (exact) mass is 366 g/mol. The van der Waals surface area contributed by atoms with Crippen molar-refractivity contribution >= 4 is 23.7 Å². The first-order valence-electron chi connectivity index (χ1n) is 8.17. The molecule has 144 valence electrons. The summed E-state index contributed by atoms with van der Waals surface area (Å²) in [6.45, 7) is 6.73. The third-order valence-corrected chi connectivity index (χ3v) is 2.99. The summed E-state index contributed by atoms with van der Waals surface area (Å²) >= 11 is 0. The van der Waals surface area contributed by atoms with Crippen LogP contribution in [-0.2, 0) is 19.1 Å². The van der Waals surface area contributed by atoms with Gasteiger partial charge in [0.15, 0.2) is 6.61 Å². The van der Waals surface area contributed by atoms with E-state index in [1.807, 2.05) is 13.0 Å². The Hall–Kier alpha value is -2.77. The Labute approximate surface area is 153 Å². The van der Waals surface area contributed by atoms with Gasteiger partial charge in [-0.2, -0.15) is 0 Å². The van der Waals surface area contributed by atoms with Gasteiger partial charge in [0.25, 0.3) is 5.91 Å². The molecule has 26 heavy (non-hydrogen) atoms. The maximum Gasteiger partial charge on any atom is 0.407 e. The summed E-state index contributed by atoms with van der Waals surface area (Å²) in [4.78, 5) is 35.0. The molecular weight excluding hydrogens is 340 g/mol. The molecule has 0 atom stereocenters. The molecule has 0 aliphatic rings. The van der Waals surface area contributed by atoms with Crippen molar-refractivity contribution in [2.24, 2.45) is 0 Å². The molecule has 0 unspecified atom stereocenters. The topological polar surface area (TPSA) is 103 Å². The van der Waals surface area contributed by atoms with E-state index in [0.29, 0.717) is 11.4 Å². The third kappa shape index (κ3) is 8.36. The van der Waals surface area contributed by atoms with Crippen molar-refractivity contribution in [2.45, 2.75) is 39.7 Å². The minimum Gasteiger partial charge on any atom is -0.495 e. The van der Waals surface area contributed by atoms with E-state index in [1.165, 1.54) is 7.11 Å². The highest BCUT2D eigenvalue weighted by atomic mass is 16.6. The Morgan fingerprint density at radius 1 is 1.15 bits per heavy atom. The zero-order chi connectivity index (χ0) is 19.7. The molecule has 0 heterocycles. The van der Waals surface area contributed by atoms with Gasteiger partial charge in [-0.15, -0.1) is 0 Å². The molecule has 1 aromatic rings. The largest absolute Gasteiger partial charge is 0.495 e. The van der Waals surface area contributed by atoms with E-state index in [0.717, 1.165) is 5.56 Å². The number of nitrogens with one attached hydrogen (secondary N) is 2. The van der Waals surface area contributed by atoms with Crippen molar-refractivity contribution in [3.8, 4) is 5.75 Å². The number of amides is 2. The second-order valence-corrected chi connectivity index (χ2v) is 6.59. The fraction of sp³-hybridized carbons (Fsp3) is 0.500. The normalized spacial score (nSPS) is 10.7. The van der Waals surface area contributed by atoms with Crippen LogP contribution in [0.1, 0.15) is 32.8 Å². The van der Waals surface area contributed by atoms with Crippen LogP contribution in [0.15, 0.2) is 18.2 Å². The summed E-state index contributed by atoms with van der Waals surface area (Å²) in [7, 11) is 1.50. The Morgan fingerprint density at radius 3 is 2.46 bits per heavy atom. The van der Waals surface area contributed by atoms with Gasteiger partial charge in [0, 0.05) is 6.54 Å². The molecule has 8 nitrogen and oxygen atoms in total. The lowest BCUT2D eigenvalue weighted by Crippen LogP contribution is -2.34. The van der Waals surface area contributed by atoms with Gasteiger partial charge in [0.1, 0.15) is 11.4 Å². The molecule has 0 saturated heterocycles. The number of anilines is 1. The lowest BCUT2D eigenvalue weighted by atomic mass is 10.2. The molecule has 0 radical (unpaired) electrons. The number of carbonyl (C=O) groups is 3. The molecule has 0 aromatic heterocycles. The van der Waals surface area contributed by atoms with E-state index in [1.54, 1.807) is 32.9 Å². The fourth-order valence-corrected chi connectivity index (χ4v) is 1.90. The van der Waals surface area contributed by atoms with E-state index in [4.69, 9.17) is 14.2 Å². The number of hydrogen-bond donors (Lipinski definition) is 2. The van der Waals surface area contributed by atoms with Gasteiger partial charge < -0.3 is 24.8 Å². The van der Waals surface area contributed by atoms with Crippen LogP contribution in [0.2, 0.25) is 0 Å². The number of rotatable bonds is 7. The summed E-state index contributed by atoms with van der Waals surface area (Å²) in [5.74, 6) is -0.577. The van der Waals surface area contributed by atoms with Gasteiger partial charge in [0.05, 0.1) is 19.2 Å². The van der Waals surface area contributed by atoms with E-state index >= 15 is 0 Å². The van der Waals surface area contributed by atoms with Crippen LogP contribution in [0.5, 0.6) is 5.75 Å². The lowest BCUT2D eigenvalue weighted by molar-refractivity contribution is -0.147. The molecule has 0 fully saturated rings. The average Bonchev–Trinajstić information content (AvgIpc) is 2.51. The van der Waals surface area contributed by atoms with Crippen LogP contribution in [-0.4, -0.2) is 43.8 Å². The fourth-order valence-electron chi connectivity index (χ4n) is 1.90. The van der Waals surface area contributed by atoms with Crippen LogP contribution in [0.25, 0.3) is 0 Å². The lowest BCUT2D eigenvalue weighted by Gasteiger charge is -2.19. The molecule has 0 aliphatic carbocycles. The molecule has 0 aliphatic heterocycles. The molecule has 1 rings (SSSR count). The summed E-state index contributed by atoms with van der Waals surface area (Å²) in [5, 5.41) is 5.07. The number of aryl methyl sites for hydroxylation is 1. The smallest absolute Gasteiger partial charge is 0.407 e.